The molecule has 0 aliphatic rings. The molecule has 1 atom stereocenters. The molecular formula is C19H22N4O3S. The van der Waals surface area contributed by atoms with Crippen LogP contribution in [0.1, 0.15) is 17.2 Å². The number of nitrogens with zero attached hydrogens (tertiary/aromatic N) is 2. The molecule has 2 N–H and O–H groups in total. The SMILES string of the molecule is CN(C)C[C@H](NC(=O)CNS(=O)(=O)c1ccccc1C#N)c1ccccc1. The second-order valence-electron chi connectivity index (χ2n) is 6.23. The van der Waals surface area contributed by atoms with Crippen LogP contribution in [0.25, 0.3) is 0 Å². The van der Waals surface area contributed by atoms with Crippen LogP contribution in [0.4, 0.5) is 0 Å². The van der Waals surface area contributed by atoms with Crippen molar-refractivity contribution in [3.8, 4) is 6.07 Å². The zero-order valence-corrected chi connectivity index (χ0v) is 16.0. The van der Waals surface area contributed by atoms with Gasteiger partial charge in [0.15, 0.2) is 0 Å². The van der Waals surface area contributed by atoms with E-state index >= 15 is 0 Å². The zero-order valence-electron chi connectivity index (χ0n) is 15.2. The highest BCUT2D eigenvalue weighted by atomic mass is 32.2. The monoisotopic (exact) mass is 386 g/mol. The maximum atomic E-state index is 12.4. The molecule has 0 fully saturated rings. The van der Waals surface area contributed by atoms with Crippen LogP contribution in [0.3, 0.4) is 0 Å². The van der Waals surface area contributed by atoms with Gasteiger partial charge in [0.1, 0.15) is 6.07 Å². The zero-order chi connectivity index (χ0) is 19.9. The summed E-state index contributed by atoms with van der Waals surface area (Å²) in [6, 6.07) is 16.9. The molecule has 2 aromatic rings. The lowest BCUT2D eigenvalue weighted by Crippen LogP contribution is -2.41. The van der Waals surface area contributed by atoms with Gasteiger partial charge < -0.3 is 10.2 Å². The third-order valence-electron chi connectivity index (χ3n) is 3.80. The van der Waals surface area contributed by atoms with Crippen molar-refractivity contribution in [3.63, 3.8) is 0 Å². The van der Waals surface area contributed by atoms with Gasteiger partial charge in [0.2, 0.25) is 15.9 Å². The number of likely N-dealkylation sites (N-methyl/N-ethyl adjacent to an activating group) is 1. The van der Waals surface area contributed by atoms with Crippen molar-refractivity contribution < 1.29 is 13.2 Å². The van der Waals surface area contributed by atoms with Crippen molar-refractivity contribution >= 4 is 15.9 Å². The number of carbonyl (C=O) groups is 1. The lowest BCUT2D eigenvalue weighted by Gasteiger charge is -2.23. The van der Waals surface area contributed by atoms with Gasteiger partial charge in [0, 0.05) is 6.54 Å². The Morgan fingerprint density at radius 3 is 2.37 bits per heavy atom. The molecule has 2 aromatic carbocycles. The summed E-state index contributed by atoms with van der Waals surface area (Å²) < 4.78 is 27.1. The van der Waals surface area contributed by atoms with Crippen molar-refractivity contribution in [2.75, 3.05) is 27.2 Å². The Bertz CT molecular complexity index is 921. The van der Waals surface area contributed by atoms with Gasteiger partial charge in [-0.15, -0.1) is 0 Å². The van der Waals surface area contributed by atoms with E-state index in [-0.39, 0.29) is 16.5 Å². The number of carbonyl (C=O) groups excluding carboxylic acids is 1. The van der Waals surface area contributed by atoms with Gasteiger partial charge in [-0.1, -0.05) is 42.5 Å². The van der Waals surface area contributed by atoms with Crippen molar-refractivity contribution in [3.05, 3.63) is 65.7 Å². The van der Waals surface area contributed by atoms with Crippen molar-refractivity contribution in [2.24, 2.45) is 0 Å². The van der Waals surface area contributed by atoms with E-state index in [2.05, 4.69) is 10.0 Å². The number of rotatable bonds is 8. The molecular weight excluding hydrogens is 364 g/mol. The van der Waals surface area contributed by atoms with Crippen molar-refractivity contribution in [1.29, 1.82) is 5.26 Å². The molecule has 8 heteroatoms. The van der Waals surface area contributed by atoms with E-state index < -0.39 is 22.5 Å². The standard InChI is InChI=1S/C19H22N4O3S/c1-23(2)14-17(15-8-4-3-5-9-15)22-19(24)13-21-27(25,26)18-11-7-6-10-16(18)12-20/h3-11,17,21H,13-14H2,1-2H3,(H,22,24)/t17-/m0/s1. The Kier molecular flexibility index (Phi) is 7.07. The number of amides is 1. The lowest BCUT2D eigenvalue weighted by molar-refractivity contribution is -0.120. The number of nitrogens with one attached hydrogen (secondary N) is 2. The fourth-order valence-electron chi connectivity index (χ4n) is 2.56. The second-order valence-corrected chi connectivity index (χ2v) is 7.96. The fraction of sp³-hybridized carbons (Fsp3) is 0.263. The average Bonchev–Trinajstić information content (AvgIpc) is 2.66. The summed E-state index contributed by atoms with van der Waals surface area (Å²) in [6.45, 7) is 0.151. The largest absolute Gasteiger partial charge is 0.347 e. The Labute approximate surface area is 159 Å². The van der Waals surface area contributed by atoms with Crippen LogP contribution in [0, 0.1) is 11.3 Å². The molecule has 0 aromatic heterocycles. The molecule has 0 saturated carbocycles. The smallest absolute Gasteiger partial charge is 0.242 e. The summed E-state index contributed by atoms with van der Waals surface area (Å²) in [5.41, 5.74) is 0.956. The molecule has 142 valence electrons. The third kappa shape index (κ3) is 5.89. The summed E-state index contributed by atoms with van der Waals surface area (Å²) in [6.07, 6.45) is 0. The highest BCUT2D eigenvalue weighted by Gasteiger charge is 2.21. The normalized spacial score (nSPS) is 12.4. The predicted molar refractivity (Wildman–Crippen MR) is 102 cm³/mol. The number of hydrogen-bond donors (Lipinski definition) is 2. The molecule has 7 nitrogen and oxygen atoms in total. The quantitative estimate of drug-likeness (QED) is 0.711. The molecule has 0 bridgehead atoms. The van der Waals surface area contributed by atoms with Gasteiger partial charge in [-0.2, -0.15) is 5.26 Å². The first-order chi connectivity index (χ1) is 12.8. The summed E-state index contributed by atoms with van der Waals surface area (Å²) in [5.74, 6) is -0.455. The lowest BCUT2D eigenvalue weighted by atomic mass is 10.1. The molecule has 0 saturated heterocycles. The van der Waals surface area contributed by atoms with Crippen LogP contribution in [-0.2, 0) is 14.8 Å². The van der Waals surface area contributed by atoms with E-state index in [1.165, 1.54) is 18.2 Å². The Morgan fingerprint density at radius 1 is 1.11 bits per heavy atom. The molecule has 2 rings (SSSR count). The van der Waals surface area contributed by atoms with E-state index in [4.69, 9.17) is 5.26 Å². The minimum absolute atomic E-state index is 0.0279. The molecule has 0 aliphatic heterocycles. The molecule has 0 spiro atoms. The Morgan fingerprint density at radius 2 is 1.74 bits per heavy atom. The third-order valence-corrected chi connectivity index (χ3v) is 5.26. The molecule has 0 unspecified atom stereocenters. The van der Waals surface area contributed by atoms with Crippen LogP contribution in [0.15, 0.2) is 59.5 Å². The van der Waals surface area contributed by atoms with Crippen molar-refractivity contribution in [2.45, 2.75) is 10.9 Å². The van der Waals surface area contributed by atoms with Crippen LogP contribution < -0.4 is 10.0 Å². The van der Waals surface area contributed by atoms with E-state index in [0.29, 0.717) is 6.54 Å². The number of nitriles is 1. The van der Waals surface area contributed by atoms with Crippen LogP contribution >= 0.6 is 0 Å². The molecule has 0 heterocycles. The van der Waals surface area contributed by atoms with E-state index in [1.54, 1.807) is 6.07 Å². The first-order valence-corrected chi connectivity index (χ1v) is 9.79. The predicted octanol–water partition coefficient (Wildman–Crippen LogP) is 1.26. The molecule has 1 amide bonds. The van der Waals surface area contributed by atoms with Crippen LogP contribution in [-0.4, -0.2) is 46.4 Å². The van der Waals surface area contributed by atoms with Crippen LogP contribution in [0.2, 0.25) is 0 Å². The van der Waals surface area contributed by atoms with Crippen molar-refractivity contribution in [1.82, 2.24) is 14.9 Å². The fourth-order valence-corrected chi connectivity index (χ4v) is 3.70. The van der Waals surface area contributed by atoms with E-state index in [1.807, 2.05) is 55.4 Å². The Balaban J connectivity index is 2.06. The van der Waals surface area contributed by atoms with E-state index in [0.717, 1.165) is 5.56 Å². The molecule has 27 heavy (non-hydrogen) atoms. The first kappa shape index (κ1) is 20.6. The summed E-state index contributed by atoms with van der Waals surface area (Å²) in [7, 11) is -0.180. The van der Waals surface area contributed by atoms with Gasteiger partial charge in [-0.05, 0) is 31.8 Å². The molecule has 0 radical (unpaired) electrons. The topological polar surface area (TPSA) is 102 Å². The summed E-state index contributed by atoms with van der Waals surface area (Å²) in [4.78, 5) is 14.1. The van der Waals surface area contributed by atoms with Gasteiger partial charge in [-0.3, -0.25) is 4.79 Å². The maximum absolute atomic E-state index is 12.4. The minimum atomic E-state index is -3.97. The summed E-state index contributed by atoms with van der Waals surface area (Å²) >= 11 is 0. The summed E-state index contributed by atoms with van der Waals surface area (Å²) in [5, 5.41) is 11.9. The maximum Gasteiger partial charge on any atom is 0.242 e. The van der Waals surface area contributed by atoms with Gasteiger partial charge in [0.05, 0.1) is 23.0 Å². The van der Waals surface area contributed by atoms with Gasteiger partial charge in [-0.25, -0.2) is 13.1 Å². The van der Waals surface area contributed by atoms with Crippen LogP contribution in [0.5, 0.6) is 0 Å². The van der Waals surface area contributed by atoms with Gasteiger partial charge >= 0.3 is 0 Å². The first-order valence-electron chi connectivity index (χ1n) is 8.31. The Hall–Kier alpha value is -2.73. The average molecular weight is 386 g/mol. The highest BCUT2D eigenvalue weighted by Crippen LogP contribution is 2.15. The number of benzene rings is 2. The van der Waals surface area contributed by atoms with Gasteiger partial charge in [0.25, 0.3) is 0 Å². The second kappa shape index (κ2) is 9.28. The highest BCUT2D eigenvalue weighted by molar-refractivity contribution is 7.89. The number of sulfonamides is 1. The van der Waals surface area contributed by atoms with E-state index in [9.17, 15) is 13.2 Å². The molecule has 0 aliphatic carbocycles. The minimum Gasteiger partial charge on any atom is -0.347 e. The number of hydrogen-bond acceptors (Lipinski definition) is 5.